The second kappa shape index (κ2) is 7.24. The quantitative estimate of drug-likeness (QED) is 0.650. The van der Waals surface area contributed by atoms with Gasteiger partial charge in [0.15, 0.2) is 11.5 Å². The van der Waals surface area contributed by atoms with Crippen molar-refractivity contribution in [3.05, 3.63) is 53.7 Å². The smallest absolute Gasteiger partial charge is 0.256 e. The highest BCUT2D eigenvalue weighted by Gasteiger charge is 2.16. The average Bonchev–Trinajstić information content (AvgIpc) is 3.30. The number of imidazole rings is 1. The molecule has 3 aromatic rings. The van der Waals surface area contributed by atoms with Crippen LogP contribution in [-0.4, -0.2) is 39.6 Å². The van der Waals surface area contributed by atoms with Gasteiger partial charge in [0.05, 0.1) is 6.20 Å². The van der Waals surface area contributed by atoms with E-state index in [-0.39, 0.29) is 11.3 Å². The van der Waals surface area contributed by atoms with Gasteiger partial charge in [0.1, 0.15) is 5.82 Å². The van der Waals surface area contributed by atoms with Gasteiger partial charge in [0, 0.05) is 18.2 Å². The molecule has 1 saturated heterocycles. The van der Waals surface area contributed by atoms with Crippen LogP contribution >= 0.6 is 0 Å². The molecule has 28 heavy (non-hydrogen) atoms. The van der Waals surface area contributed by atoms with Crippen LogP contribution in [0, 0.1) is 0 Å². The van der Waals surface area contributed by atoms with Crippen LogP contribution < -0.4 is 16.0 Å². The first-order valence-corrected chi connectivity index (χ1v) is 9.64. The summed E-state index contributed by atoms with van der Waals surface area (Å²) < 4.78 is 1.68. The van der Waals surface area contributed by atoms with Crippen LogP contribution in [0.25, 0.3) is 5.65 Å². The zero-order valence-electron chi connectivity index (χ0n) is 16.5. The number of carbonyl (C=O) groups is 1. The lowest BCUT2D eigenvalue weighted by atomic mass is 9.87. The molecule has 1 atom stereocenters. The Morgan fingerprint density at radius 3 is 2.61 bits per heavy atom. The number of rotatable bonds is 4. The van der Waals surface area contributed by atoms with Crippen molar-refractivity contribution in [3.63, 3.8) is 0 Å². The predicted molar refractivity (Wildman–Crippen MR) is 111 cm³/mol. The Morgan fingerprint density at radius 2 is 1.93 bits per heavy atom. The van der Waals surface area contributed by atoms with Crippen molar-refractivity contribution in [1.82, 2.24) is 19.9 Å². The monoisotopic (exact) mass is 378 g/mol. The summed E-state index contributed by atoms with van der Waals surface area (Å²) in [6, 6.07) is 11.9. The third-order valence-corrected chi connectivity index (χ3v) is 4.99. The van der Waals surface area contributed by atoms with Crippen molar-refractivity contribution in [2.45, 2.75) is 38.6 Å². The van der Waals surface area contributed by atoms with Crippen LogP contribution in [-0.2, 0) is 5.41 Å². The Morgan fingerprint density at radius 1 is 1.14 bits per heavy atom. The third kappa shape index (κ3) is 3.99. The summed E-state index contributed by atoms with van der Waals surface area (Å²) in [6.45, 7) is 8.42. The molecular formula is C21H26N6O. The lowest BCUT2D eigenvalue weighted by molar-refractivity contribution is 0.102. The van der Waals surface area contributed by atoms with E-state index in [2.05, 4.69) is 46.8 Å². The number of fused-ring (bicyclic) bond motifs is 1. The Bertz CT molecular complexity index is 980. The fourth-order valence-corrected chi connectivity index (χ4v) is 3.32. The maximum Gasteiger partial charge on any atom is 0.256 e. The molecule has 4 rings (SSSR count). The normalized spacial score (nSPS) is 17.0. The number of aromatic nitrogens is 3. The van der Waals surface area contributed by atoms with Gasteiger partial charge in [-0.25, -0.2) is 9.50 Å². The minimum Gasteiger partial charge on any atom is -0.365 e. The highest BCUT2D eigenvalue weighted by molar-refractivity contribution is 6.03. The maximum absolute atomic E-state index is 12.5. The molecule has 3 heterocycles. The van der Waals surface area contributed by atoms with Gasteiger partial charge in [-0.1, -0.05) is 32.9 Å². The van der Waals surface area contributed by atoms with Gasteiger partial charge in [-0.05, 0) is 48.2 Å². The SMILES string of the molecule is CC(C)(C)c1ccc(C(=O)Nc2cn3nc(NC4CCNC4)ccc3n2)cc1. The number of nitrogens with zero attached hydrogens (tertiary/aromatic N) is 3. The van der Waals surface area contributed by atoms with Crippen LogP contribution in [0.2, 0.25) is 0 Å². The van der Waals surface area contributed by atoms with E-state index in [9.17, 15) is 4.79 Å². The van der Waals surface area contributed by atoms with E-state index in [1.54, 1.807) is 10.7 Å². The van der Waals surface area contributed by atoms with Gasteiger partial charge in [-0.2, -0.15) is 0 Å². The van der Waals surface area contributed by atoms with E-state index in [4.69, 9.17) is 0 Å². The summed E-state index contributed by atoms with van der Waals surface area (Å²) in [7, 11) is 0. The van der Waals surface area contributed by atoms with E-state index in [1.807, 2.05) is 36.4 Å². The number of amides is 1. The van der Waals surface area contributed by atoms with Crippen molar-refractivity contribution in [2.75, 3.05) is 23.7 Å². The predicted octanol–water partition coefficient (Wildman–Crippen LogP) is 3.05. The van der Waals surface area contributed by atoms with E-state index in [1.165, 1.54) is 5.56 Å². The van der Waals surface area contributed by atoms with Crippen LogP contribution in [0.1, 0.15) is 43.1 Å². The second-order valence-electron chi connectivity index (χ2n) is 8.26. The zero-order valence-corrected chi connectivity index (χ0v) is 16.5. The molecule has 1 unspecified atom stereocenters. The molecule has 2 aromatic heterocycles. The maximum atomic E-state index is 12.5. The lowest BCUT2D eigenvalue weighted by Gasteiger charge is -2.18. The Balaban J connectivity index is 1.47. The summed E-state index contributed by atoms with van der Waals surface area (Å²) in [5.74, 6) is 1.10. The standard InChI is InChI=1S/C21H26N6O/c1-21(2,3)15-6-4-14(5-7-15)20(28)25-18-13-27-19(24-18)9-8-17(26-27)23-16-10-11-22-12-16/h4-9,13,16,22H,10-12H2,1-3H3,(H,23,26)(H,25,28). The van der Waals surface area contributed by atoms with Crippen molar-refractivity contribution in [3.8, 4) is 0 Å². The Hall–Kier alpha value is -2.93. The molecule has 0 aliphatic carbocycles. The van der Waals surface area contributed by atoms with E-state index >= 15 is 0 Å². The molecule has 3 N–H and O–H groups in total. The molecule has 1 aromatic carbocycles. The molecular weight excluding hydrogens is 352 g/mol. The first kappa shape index (κ1) is 18.4. The van der Waals surface area contributed by atoms with E-state index < -0.39 is 0 Å². The molecule has 1 aliphatic heterocycles. The molecule has 1 amide bonds. The van der Waals surface area contributed by atoms with Gasteiger partial charge in [0.2, 0.25) is 0 Å². The summed E-state index contributed by atoms with van der Waals surface area (Å²) in [4.78, 5) is 17.0. The van der Waals surface area contributed by atoms with Crippen molar-refractivity contribution >= 4 is 23.2 Å². The molecule has 0 bridgehead atoms. The average molecular weight is 378 g/mol. The Kier molecular flexibility index (Phi) is 4.77. The summed E-state index contributed by atoms with van der Waals surface area (Å²) in [5.41, 5.74) is 2.55. The largest absolute Gasteiger partial charge is 0.365 e. The van der Waals surface area contributed by atoms with Crippen LogP contribution in [0.3, 0.4) is 0 Å². The lowest BCUT2D eigenvalue weighted by Crippen LogP contribution is -2.23. The molecule has 146 valence electrons. The summed E-state index contributed by atoms with van der Waals surface area (Å²) in [5, 5.41) is 14.1. The highest BCUT2D eigenvalue weighted by atomic mass is 16.1. The number of benzene rings is 1. The fourth-order valence-electron chi connectivity index (χ4n) is 3.32. The van der Waals surface area contributed by atoms with Gasteiger partial charge in [0.25, 0.3) is 5.91 Å². The topological polar surface area (TPSA) is 83.4 Å². The van der Waals surface area contributed by atoms with Gasteiger partial charge in [-0.3, -0.25) is 4.79 Å². The second-order valence-corrected chi connectivity index (χ2v) is 8.26. The van der Waals surface area contributed by atoms with E-state index in [0.717, 1.165) is 25.3 Å². The first-order chi connectivity index (χ1) is 13.4. The molecule has 1 aliphatic rings. The fraction of sp³-hybridized carbons (Fsp3) is 0.381. The molecule has 0 saturated carbocycles. The van der Waals surface area contributed by atoms with Crippen LogP contribution in [0.15, 0.2) is 42.6 Å². The van der Waals surface area contributed by atoms with Crippen LogP contribution in [0.5, 0.6) is 0 Å². The number of hydrogen-bond donors (Lipinski definition) is 3. The zero-order chi connectivity index (χ0) is 19.7. The molecule has 0 spiro atoms. The first-order valence-electron chi connectivity index (χ1n) is 9.64. The number of carbonyl (C=O) groups excluding carboxylic acids is 1. The molecule has 7 nitrogen and oxygen atoms in total. The Labute approximate surface area is 164 Å². The molecule has 1 fully saturated rings. The van der Waals surface area contributed by atoms with Gasteiger partial charge >= 0.3 is 0 Å². The van der Waals surface area contributed by atoms with Crippen molar-refractivity contribution in [2.24, 2.45) is 0 Å². The highest BCUT2D eigenvalue weighted by Crippen LogP contribution is 2.22. The van der Waals surface area contributed by atoms with Crippen molar-refractivity contribution < 1.29 is 4.79 Å². The minimum atomic E-state index is -0.181. The van der Waals surface area contributed by atoms with Gasteiger partial charge < -0.3 is 16.0 Å². The van der Waals surface area contributed by atoms with Crippen molar-refractivity contribution in [1.29, 1.82) is 0 Å². The van der Waals surface area contributed by atoms with Crippen LogP contribution in [0.4, 0.5) is 11.6 Å². The third-order valence-electron chi connectivity index (χ3n) is 4.99. The number of hydrogen-bond acceptors (Lipinski definition) is 5. The van der Waals surface area contributed by atoms with E-state index in [0.29, 0.717) is 23.1 Å². The minimum absolute atomic E-state index is 0.0581. The number of anilines is 2. The van der Waals surface area contributed by atoms with Gasteiger partial charge in [-0.15, -0.1) is 5.10 Å². The molecule has 0 radical (unpaired) electrons. The molecule has 7 heteroatoms. The summed E-state index contributed by atoms with van der Waals surface area (Å²) >= 11 is 0. The summed E-state index contributed by atoms with van der Waals surface area (Å²) in [6.07, 6.45) is 2.81. The number of nitrogens with one attached hydrogen (secondary N) is 3.